The molecule has 0 radical (unpaired) electrons. The van der Waals surface area contributed by atoms with Crippen molar-refractivity contribution in [1.29, 1.82) is 0 Å². The SMILES string of the molecule is CCc1ccc(C(=O)CSc2nnc(CCCNC(C)=O)n2-c2ccc(C)c(C)c2)cc1. The van der Waals surface area contributed by atoms with Gasteiger partial charge in [-0.15, -0.1) is 10.2 Å². The molecule has 0 aliphatic heterocycles. The lowest BCUT2D eigenvalue weighted by Gasteiger charge is -2.12. The van der Waals surface area contributed by atoms with Gasteiger partial charge in [-0.2, -0.15) is 0 Å². The minimum Gasteiger partial charge on any atom is -0.356 e. The molecule has 6 nitrogen and oxygen atoms in total. The number of ketones is 1. The fourth-order valence-electron chi connectivity index (χ4n) is 3.33. The summed E-state index contributed by atoms with van der Waals surface area (Å²) < 4.78 is 2.03. The van der Waals surface area contributed by atoms with E-state index in [-0.39, 0.29) is 11.7 Å². The van der Waals surface area contributed by atoms with E-state index in [1.54, 1.807) is 0 Å². The lowest BCUT2D eigenvalue weighted by molar-refractivity contribution is -0.118. The van der Waals surface area contributed by atoms with Crippen LogP contribution in [0, 0.1) is 13.8 Å². The first-order valence-electron chi connectivity index (χ1n) is 10.9. The first-order chi connectivity index (χ1) is 15.4. The van der Waals surface area contributed by atoms with Gasteiger partial charge in [-0.25, -0.2) is 0 Å². The van der Waals surface area contributed by atoms with Gasteiger partial charge < -0.3 is 5.32 Å². The lowest BCUT2D eigenvalue weighted by Crippen LogP contribution is -2.21. The molecule has 0 aliphatic carbocycles. The number of carbonyl (C=O) groups excluding carboxylic acids is 2. The Morgan fingerprint density at radius 1 is 1.03 bits per heavy atom. The Bertz CT molecular complexity index is 1090. The van der Waals surface area contributed by atoms with Crippen LogP contribution in [0.1, 0.15) is 53.1 Å². The number of thioether (sulfide) groups is 1. The number of hydrogen-bond donors (Lipinski definition) is 1. The molecule has 3 aromatic rings. The van der Waals surface area contributed by atoms with E-state index in [2.05, 4.69) is 54.5 Å². The molecule has 168 valence electrons. The summed E-state index contributed by atoms with van der Waals surface area (Å²) in [5, 5.41) is 12.3. The van der Waals surface area contributed by atoms with E-state index in [9.17, 15) is 9.59 Å². The number of aromatic nitrogens is 3. The van der Waals surface area contributed by atoms with Crippen molar-refractivity contribution in [3.8, 4) is 5.69 Å². The normalized spacial score (nSPS) is 10.9. The third-order valence-corrected chi connectivity index (χ3v) is 6.35. The smallest absolute Gasteiger partial charge is 0.216 e. The van der Waals surface area contributed by atoms with Gasteiger partial charge >= 0.3 is 0 Å². The van der Waals surface area contributed by atoms with E-state index in [0.29, 0.717) is 29.4 Å². The molecule has 3 rings (SSSR count). The first-order valence-corrected chi connectivity index (χ1v) is 11.9. The van der Waals surface area contributed by atoms with Gasteiger partial charge in [0.1, 0.15) is 5.82 Å². The number of Topliss-reactive ketones (excluding diaryl/α,β-unsaturated/α-hetero) is 1. The number of aryl methyl sites for hydroxylation is 4. The standard InChI is InChI=1S/C25H30N4O2S/c1-5-20-9-11-21(12-10-20)23(31)16-32-25-28-27-24(7-6-14-26-19(4)30)29(25)22-13-8-17(2)18(3)15-22/h8-13,15H,5-7,14,16H2,1-4H3,(H,26,30). The summed E-state index contributed by atoms with van der Waals surface area (Å²) >= 11 is 1.40. The van der Waals surface area contributed by atoms with Crippen LogP contribution >= 0.6 is 11.8 Å². The molecule has 0 saturated heterocycles. The molecule has 0 fully saturated rings. The van der Waals surface area contributed by atoms with Gasteiger partial charge in [0.05, 0.1) is 5.75 Å². The van der Waals surface area contributed by atoms with Gasteiger partial charge in [-0.05, 0) is 55.5 Å². The van der Waals surface area contributed by atoms with Gasteiger partial charge in [0, 0.05) is 31.1 Å². The van der Waals surface area contributed by atoms with Gasteiger partial charge in [0.15, 0.2) is 10.9 Å². The topological polar surface area (TPSA) is 76.9 Å². The summed E-state index contributed by atoms with van der Waals surface area (Å²) in [4.78, 5) is 23.9. The summed E-state index contributed by atoms with van der Waals surface area (Å²) in [6.45, 7) is 8.36. The molecule has 1 amide bonds. The third-order valence-electron chi connectivity index (χ3n) is 5.42. The van der Waals surface area contributed by atoms with Crippen LogP contribution in [0.25, 0.3) is 5.69 Å². The number of rotatable bonds is 10. The molecule has 32 heavy (non-hydrogen) atoms. The molecule has 7 heteroatoms. The second-order valence-electron chi connectivity index (χ2n) is 7.85. The van der Waals surface area contributed by atoms with E-state index < -0.39 is 0 Å². The van der Waals surface area contributed by atoms with Crippen molar-refractivity contribution in [3.63, 3.8) is 0 Å². The van der Waals surface area contributed by atoms with Crippen molar-refractivity contribution < 1.29 is 9.59 Å². The Morgan fingerprint density at radius 3 is 2.44 bits per heavy atom. The summed E-state index contributed by atoms with van der Waals surface area (Å²) in [5.41, 5.74) is 5.31. The highest BCUT2D eigenvalue weighted by atomic mass is 32.2. The van der Waals surface area contributed by atoms with Crippen molar-refractivity contribution in [2.24, 2.45) is 0 Å². The second-order valence-corrected chi connectivity index (χ2v) is 8.79. The van der Waals surface area contributed by atoms with Crippen LogP contribution in [-0.4, -0.2) is 38.8 Å². The van der Waals surface area contributed by atoms with Crippen LogP contribution < -0.4 is 5.32 Å². The van der Waals surface area contributed by atoms with E-state index in [4.69, 9.17) is 0 Å². The molecule has 2 aromatic carbocycles. The maximum absolute atomic E-state index is 12.7. The average Bonchev–Trinajstić information content (AvgIpc) is 3.19. The second kappa shape index (κ2) is 11.1. The minimum absolute atomic E-state index is 0.0395. The molecular weight excluding hydrogens is 420 g/mol. The van der Waals surface area contributed by atoms with Crippen LogP contribution in [0.3, 0.4) is 0 Å². The van der Waals surface area contributed by atoms with Crippen molar-refractivity contribution in [1.82, 2.24) is 20.1 Å². The Morgan fingerprint density at radius 2 is 1.78 bits per heavy atom. The molecule has 1 aromatic heterocycles. The van der Waals surface area contributed by atoms with Gasteiger partial charge in [0.2, 0.25) is 5.91 Å². The highest BCUT2D eigenvalue weighted by Gasteiger charge is 2.17. The largest absolute Gasteiger partial charge is 0.356 e. The highest BCUT2D eigenvalue weighted by Crippen LogP contribution is 2.25. The fourth-order valence-corrected chi connectivity index (χ4v) is 4.20. The zero-order chi connectivity index (χ0) is 23.1. The number of nitrogens with one attached hydrogen (secondary N) is 1. The maximum atomic E-state index is 12.7. The molecule has 0 saturated carbocycles. The van der Waals surface area contributed by atoms with Crippen LogP contribution in [-0.2, 0) is 17.6 Å². The summed E-state index contributed by atoms with van der Waals surface area (Å²) in [5.74, 6) is 1.14. The van der Waals surface area contributed by atoms with E-state index in [1.807, 2.05) is 28.8 Å². The number of nitrogens with zero attached hydrogens (tertiary/aromatic N) is 3. The fraction of sp³-hybridized carbons (Fsp3) is 0.360. The molecular formula is C25H30N4O2S. The van der Waals surface area contributed by atoms with Crippen LogP contribution in [0.2, 0.25) is 0 Å². The molecule has 0 spiro atoms. The van der Waals surface area contributed by atoms with E-state index >= 15 is 0 Å². The van der Waals surface area contributed by atoms with Crippen LogP contribution in [0.5, 0.6) is 0 Å². The lowest BCUT2D eigenvalue weighted by atomic mass is 10.1. The van der Waals surface area contributed by atoms with Crippen LogP contribution in [0.4, 0.5) is 0 Å². The predicted octanol–water partition coefficient (Wildman–Crippen LogP) is 4.49. The van der Waals surface area contributed by atoms with Gasteiger partial charge in [-0.1, -0.05) is 49.0 Å². The number of carbonyl (C=O) groups is 2. The summed E-state index contributed by atoms with van der Waals surface area (Å²) in [6, 6.07) is 14.0. The molecule has 0 unspecified atom stereocenters. The molecule has 1 N–H and O–H groups in total. The van der Waals surface area contributed by atoms with E-state index in [1.165, 1.54) is 35.4 Å². The Balaban J connectivity index is 1.79. The molecule has 1 heterocycles. The molecule has 0 atom stereocenters. The quantitative estimate of drug-likeness (QED) is 0.280. The summed E-state index contributed by atoms with van der Waals surface area (Å²) in [7, 11) is 0. The first kappa shape index (κ1) is 23.7. The van der Waals surface area contributed by atoms with Crippen molar-refractivity contribution >= 4 is 23.5 Å². The van der Waals surface area contributed by atoms with E-state index in [0.717, 1.165) is 24.4 Å². The van der Waals surface area contributed by atoms with Gasteiger partial charge in [0.25, 0.3) is 0 Å². The highest BCUT2D eigenvalue weighted by molar-refractivity contribution is 7.99. The van der Waals surface area contributed by atoms with Crippen molar-refractivity contribution in [3.05, 3.63) is 70.5 Å². The molecule has 0 bridgehead atoms. The minimum atomic E-state index is -0.0395. The number of hydrogen-bond acceptors (Lipinski definition) is 5. The Labute approximate surface area is 193 Å². The summed E-state index contributed by atoms with van der Waals surface area (Å²) in [6.07, 6.45) is 2.39. The zero-order valence-corrected chi connectivity index (χ0v) is 20.0. The number of amides is 1. The van der Waals surface area contributed by atoms with Crippen molar-refractivity contribution in [2.75, 3.05) is 12.3 Å². The number of benzene rings is 2. The Kier molecular flexibility index (Phi) is 8.22. The van der Waals surface area contributed by atoms with Gasteiger partial charge in [-0.3, -0.25) is 14.2 Å². The maximum Gasteiger partial charge on any atom is 0.216 e. The van der Waals surface area contributed by atoms with Crippen molar-refractivity contribution in [2.45, 2.75) is 52.1 Å². The molecule has 0 aliphatic rings. The van der Waals surface area contributed by atoms with Crippen LogP contribution in [0.15, 0.2) is 47.6 Å². The zero-order valence-electron chi connectivity index (χ0n) is 19.1. The Hall–Kier alpha value is -2.93. The third kappa shape index (κ3) is 6.07. The predicted molar refractivity (Wildman–Crippen MR) is 129 cm³/mol. The average molecular weight is 451 g/mol. The monoisotopic (exact) mass is 450 g/mol.